The van der Waals surface area contributed by atoms with Crippen LogP contribution in [0.1, 0.15) is 16.7 Å². The van der Waals surface area contributed by atoms with Crippen LogP contribution in [0.5, 0.6) is 0 Å². The molecule has 0 amide bonds. The second-order valence-corrected chi connectivity index (χ2v) is 11.5. The number of nitrogens with one attached hydrogen (secondary N) is 1. The Hall–Kier alpha value is -3.92. The van der Waals surface area contributed by atoms with Crippen molar-refractivity contribution in [3.63, 3.8) is 0 Å². The van der Waals surface area contributed by atoms with Gasteiger partial charge >= 0.3 is 0 Å². The van der Waals surface area contributed by atoms with E-state index in [9.17, 15) is 9.90 Å². The van der Waals surface area contributed by atoms with Crippen LogP contribution in [0.3, 0.4) is 0 Å². The molecule has 0 spiro atoms. The largest absolute Gasteiger partial charge is 0.403 e. The zero-order valence-corrected chi connectivity index (χ0v) is 26.1. The van der Waals surface area contributed by atoms with Gasteiger partial charge in [0, 0.05) is 69.5 Å². The third-order valence-corrected chi connectivity index (χ3v) is 8.63. The average molecular weight is 614 g/mol. The summed E-state index contributed by atoms with van der Waals surface area (Å²) >= 11 is 6.33. The molecule has 1 unspecified atom stereocenters. The van der Waals surface area contributed by atoms with Gasteiger partial charge < -0.3 is 30.4 Å². The molecule has 44 heavy (non-hydrogen) atoms. The predicted molar refractivity (Wildman–Crippen MR) is 178 cm³/mol. The topological polar surface area (TPSA) is 96.0 Å². The Morgan fingerprint density at radius 3 is 2.52 bits per heavy atom. The van der Waals surface area contributed by atoms with Crippen molar-refractivity contribution in [2.45, 2.75) is 12.1 Å². The van der Waals surface area contributed by atoms with Gasteiger partial charge in [0.25, 0.3) is 5.56 Å². The number of hydrogen-bond acceptors (Lipinski definition) is 7. The Labute approximate surface area is 263 Å². The minimum Gasteiger partial charge on any atom is -0.403 e. The van der Waals surface area contributed by atoms with Crippen molar-refractivity contribution in [3.8, 4) is 11.1 Å². The molecule has 1 aliphatic rings. The van der Waals surface area contributed by atoms with Crippen molar-refractivity contribution in [2.75, 3.05) is 46.4 Å². The lowest BCUT2D eigenvalue weighted by atomic mass is 9.81. The first kappa shape index (κ1) is 31.5. The maximum Gasteiger partial charge on any atom is 0.251 e. The molecule has 5 rings (SSSR count). The molecular weight excluding hydrogens is 574 g/mol. The number of nitrogens with zero attached hydrogens (tertiary/aromatic N) is 3. The van der Waals surface area contributed by atoms with E-state index < -0.39 is 5.60 Å². The van der Waals surface area contributed by atoms with Crippen LogP contribution >= 0.6 is 11.6 Å². The number of benzene rings is 3. The van der Waals surface area contributed by atoms with E-state index in [1.54, 1.807) is 41.9 Å². The summed E-state index contributed by atoms with van der Waals surface area (Å²) in [6, 6.07) is 22.5. The van der Waals surface area contributed by atoms with Crippen LogP contribution in [-0.2, 0) is 23.9 Å². The molecule has 8 nitrogen and oxygen atoms in total. The number of nitrogens with two attached hydrogens (primary N) is 1. The maximum absolute atomic E-state index is 12.9. The molecule has 230 valence electrons. The van der Waals surface area contributed by atoms with Crippen LogP contribution in [0.2, 0.25) is 5.02 Å². The highest BCUT2D eigenvalue weighted by Gasteiger charge is 2.38. The first-order valence-electron chi connectivity index (χ1n) is 14.8. The van der Waals surface area contributed by atoms with Crippen molar-refractivity contribution in [2.24, 2.45) is 12.8 Å². The quantitative estimate of drug-likeness (QED) is 0.216. The number of aromatic nitrogens is 1. The van der Waals surface area contributed by atoms with Gasteiger partial charge in [-0.3, -0.25) is 9.69 Å². The van der Waals surface area contributed by atoms with Gasteiger partial charge in [0.2, 0.25) is 0 Å². The SMILES string of the molecule is C=CN(C)/C(=C\N)C(O)(c1ccc(CNCCN2CCOCC2)cc1)c1ccc2c(c1)c(-c1cccc(Cl)c1)cc(=O)n2C. The minimum absolute atomic E-state index is 0.140. The van der Waals surface area contributed by atoms with E-state index in [2.05, 4.69) is 16.8 Å². The zero-order chi connectivity index (χ0) is 31.3. The number of aliphatic hydroxyl groups is 1. The number of rotatable bonds is 11. The van der Waals surface area contributed by atoms with Crippen LogP contribution in [-0.4, -0.2) is 65.9 Å². The molecule has 0 bridgehead atoms. The van der Waals surface area contributed by atoms with Gasteiger partial charge in [-0.2, -0.15) is 0 Å². The summed E-state index contributed by atoms with van der Waals surface area (Å²) in [7, 11) is 3.54. The second kappa shape index (κ2) is 13.8. The first-order valence-corrected chi connectivity index (χ1v) is 15.1. The van der Waals surface area contributed by atoms with E-state index in [4.69, 9.17) is 22.1 Å². The van der Waals surface area contributed by atoms with Crippen molar-refractivity contribution >= 4 is 22.5 Å². The van der Waals surface area contributed by atoms with Crippen molar-refractivity contribution in [1.82, 2.24) is 19.7 Å². The Balaban J connectivity index is 1.53. The third kappa shape index (κ3) is 6.45. The fraction of sp³-hybridized carbons (Fsp3) is 0.286. The smallest absolute Gasteiger partial charge is 0.251 e. The molecule has 4 aromatic rings. The summed E-state index contributed by atoms with van der Waals surface area (Å²) in [4.78, 5) is 17.0. The fourth-order valence-electron chi connectivity index (χ4n) is 5.79. The van der Waals surface area contributed by atoms with Crippen molar-refractivity contribution in [1.29, 1.82) is 0 Å². The molecule has 3 aromatic carbocycles. The van der Waals surface area contributed by atoms with E-state index in [1.807, 2.05) is 60.7 Å². The van der Waals surface area contributed by atoms with E-state index in [1.165, 1.54) is 6.20 Å². The molecule has 1 saturated heterocycles. The molecule has 1 atom stereocenters. The summed E-state index contributed by atoms with van der Waals surface area (Å²) in [5.74, 6) is 0. The third-order valence-electron chi connectivity index (χ3n) is 8.39. The maximum atomic E-state index is 12.9. The number of likely N-dealkylation sites (N-methyl/N-ethyl adjacent to an activating group) is 1. The van der Waals surface area contributed by atoms with Gasteiger partial charge in [0.05, 0.1) is 24.4 Å². The lowest BCUT2D eigenvalue weighted by Gasteiger charge is -2.36. The number of pyridine rings is 1. The number of halogens is 1. The molecule has 1 aromatic heterocycles. The highest BCUT2D eigenvalue weighted by atomic mass is 35.5. The van der Waals surface area contributed by atoms with Crippen molar-refractivity contribution in [3.05, 3.63) is 130 Å². The monoisotopic (exact) mass is 613 g/mol. The van der Waals surface area contributed by atoms with Gasteiger partial charge in [-0.25, -0.2) is 0 Å². The zero-order valence-electron chi connectivity index (χ0n) is 25.3. The van der Waals surface area contributed by atoms with Gasteiger partial charge in [0.15, 0.2) is 5.60 Å². The van der Waals surface area contributed by atoms with Crippen LogP contribution in [0, 0.1) is 0 Å². The van der Waals surface area contributed by atoms with Crippen LogP contribution in [0.15, 0.2) is 102 Å². The Bertz CT molecular complexity index is 1710. The number of hydrogen-bond donors (Lipinski definition) is 3. The number of fused-ring (bicyclic) bond motifs is 1. The Morgan fingerprint density at radius 1 is 1.11 bits per heavy atom. The lowest BCUT2D eigenvalue weighted by molar-refractivity contribution is 0.0384. The van der Waals surface area contributed by atoms with Crippen LogP contribution in [0.25, 0.3) is 22.0 Å². The predicted octanol–water partition coefficient (Wildman–Crippen LogP) is 4.39. The number of ether oxygens (including phenoxy) is 1. The van der Waals surface area contributed by atoms with Crippen LogP contribution in [0.4, 0.5) is 0 Å². The van der Waals surface area contributed by atoms with E-state index >= 15 is 0 Å². The number of morpholine rings is 1. The van der Waals surface area contributed by atoms with Gasteiger partial charge in [-0.15, -0.1) is 0 Å². The van der Waals surface area contributed by atoms with Gasteiger partial charge in [-0.05, 0) is 58.3 Å². The summed E-state index contributed by atoms with van der Waals surface area (Å²) in [5, 5.41) is 17.6. The van der Waals surface area contributed by atoms with E-state index in [0.717, 1.165) is 67.0 Å². The summed E-state index contributed by atoms with van der Waals surface area (Å²) in [6.45, 7) is 9.99. The molecular formula is C35H40ClN5O3. The summed E-state index contributed by atoms with van der Waals surface area (Å²) in [6.07, 6.45) is 3.02. The molecule has 0 radical (unpaired) electrons. The van der Waals surface area contributed by atoms with Gasteiger partial charge in [-0.1, -0.05) is 60.6 Å². The second-order valence-electron chi connectivity index (χ2n) is 11.1. The molecule has 1 fully saturated rings. The lowest BCUT2D eigenvalue weighted by Crippen LogP contribution is -2.40. The highest BCUT2D eigenvalue weighted by Crippen LogP contribution is 2.40. The average Bonchev–Trinajstić information content (AvgIpc) is 3.05. The molecule has 0 aliphatic carbocycles. The Morgan fingerprint density at radius 2 is 1.84 bits per heavy atom. The van der Waals surface area contributed by atoms with E-state index in [-0.39, 0.29) is 5.56 Å². The van der Waals surface area contributed by atoms with Gasteiger partial charge in [0.1, 0.15) is 0 Å². The Kier molecular flexibility index (Phi) is 9.88. The standard InChI is InChI=1S/C35H40ClN5O3/c1-4-39(2)33(23-37)35(43,27-10-8-25(9-11-27)24-38-14-15-41-16-18-44-19-17-41)28-12-13-32-31(21-28)30(22-34(42)40(32)3)26-6-5-7-29(36)20-26/h4-13,20-23,38,43H,1,14-19,24,37H2,2-3H3/b33-23-. The molecule has 4 N–H and O–H groups in total. The molecule has 9 heteroatoms. The van der Waals surface area contributed by atoms with Crippen molar-refractivity contribution < 1.29 is 9.84 Å². The first-order chi connectivity index (χ1) is 21.3. The summed E-state index contributed by atoms with van der Waals surface area (Å²) in [5.41, 5.74) is 9.46. The summed E-state index contributed by atoms with van der Waals surface area (Å²) < 4.78 is 7.03. The fourth-order valence-corrected chi connectivity index (χ4v) is 5.98. The van der Waals surface area contributed by atoms with E-state index in [0.29, 0.717) is 28.4 Å². The highest BCUT2D eigenvalue weighted by molar-refractivity contribution is 6.30. The normalized spacial score (nSPS) is 15.7. The minimum atomic E-state index is -1.63. The molecule has 1 aliphatic heterocycles. The molecule has 0 saturated carbocycles. The molecule has 2 heterocycles. The van der Waals surface area contributed by atoms with Crippen LogP contribution < -0.4 is 16.6 Å². The number of aryl methyl sites for hydroxylation is 1.